The van der Waals surface area contributed by atoms with Crippen LogP contribution in [-0.2, 0) is 0 Å². The zero-order valence-corrected chi connectivity index (χ0v) is 13.7. The van der Waals surface area contributed by atoms with Gasteiger partial charge in [-0.3, -0.25) is 10.1 Å². The van der Waals surface area contributed by atoms with E-state index in [0.717, 1.165) is 4.90 Å². The molecule has 3 rings (SSSR count). The van der Waals surface area contributed by atoms with E-state index < -0.39 is 4.92 Å². The molecule has 0 fully saturated rings. The first kappa shape index (κ1) is 16.2. The molecule has 0 spiro atoms. The zero-order chi connectivity index (χ0) is 16.9. The fraction of sp³-hybridized carbons (Fsp3) is 0. The molecule has 0 aliphatic heterocycles. The van der Waals surface area contributed by atoms with Crippen LogP contribution in [0.25, 0.3) is 0 Å². The first-order chi connectivity index (χ1) is 11.6. The van der Waals surface area contributed by atoms with Crippen molar-refractivity contribution >= 4 is 35.3 Å². The molecule has 9 heteroatoms. The molecular weight excluding hydrogens is 350 g/mol. The fourth-order valence-corrected chi connectivity index (χ4v) is 2.89. The Kier molecular flexibility index (Phi) is 4.88. The Morgan fingerprint density at radius 2 is 1.88 bits per heavy atom. The minimum absolute atomic E-state index is 0.0163. The van der Waals surface area contributed by atoms with E-state index in [1.54, 1.807) is 24.3 Å². The van der Waals surface area contributed by atoms with Crippen LogP contribution in [0.4, 0.5) is 5.69 Å². The van der Waals surface area contributed by atoms with Crippen LogP contribution in [-0.4, -0.2) is 26.0 Å². The van der Waals surface area contributed by atoms with Gasteiger partial charge in [-0.2, -0.15) is 5.10 Å². The average molecular weight is 360 g/mol. The third-order valence-corrected chi connectivity index (χ3v) is 4.29. The Balaban J connectivity index is 1.87. The first-order valence-corrected chi connectivity index (χ1v) is 7.92. The van der Waals surface area contributed by atoms with E-state index in [9.17, 15) is 10.1 Å². The molecule has 0 aliphatic carbocycles. The van der Waals surface area contributed by atoms with Gasteiger partial charge in [-0.25, -0.2) is 4.68 Å². The summed E-state index contributed by atoms with van der Waals surface area (Å²) in [6, 6.07) is 12.1. The van der Waals surface area contributed by atoms with Crippen molar-refractivity contribution in [3.05, 3.63) is 75.8 Å². The molecule has 0 bridgehead atoms. The third-order valence-electron chi connectivity index (χ3n) is 2.97. The molecule has 24 heavy (non-hydrogen) atoms. The Hall–Kier alpha value is -2.71. The van der Waals surface area contributed by atoms with Gasteiger partial charge < -0.3 is 0 Å². The number of rotatable bonds is 5. The van der Waals surface area contributed by atoms with Crippen molar-refractivity contribution in [2.75, 3.05) is 0 Å². The summed E-state index contributed by atoms with van der Waals surface area (Å²) in [5.74, 6) is 0. The van der Waals surface area contributed by atoms with E-state index in [-0.39, 0.29) is 5.69 Å². The number of nitro benzene ring substituents is 1. The van der Waals surface area contributed by atoms with Gasteiger partial charge >= 0.3 is 0 Å². The Bertz CT molecular complexity index is 881. The predicted octanol–water partition coefficient (Wildman–Crippen LogP) is 3.87. The van der Waals surface area contributed by atoms with Crippen molar-refractivity contribution in [3.8, 4) is 0 Å². The number of benzene rings is 2. The number of hydrogen-bond donors (Lipinski definition) is 0. The van der Waals surface area contributed by atoms with Gasteiger partial charge in [0.1, 0.15) is 12.7 Å². The maximum atomic E-state index is 11.4. The topological polar surface area (TPSA) is 86.2 Å². The second-order valence-electron chi connectivity index (χ2n) is 4.63. The highest BCUT2D eigenvalue weighted by Gasteiger charge is 2.15. The average Bonchev–Trinajstić information content (AvgIpc) is 3.09. The summed E-state index contributed by atoms with van der Waals surface area (Å²) in [6.45, 7) is 0. The minimum atomic E-state index is -0.408. The van der Waals surface area contributed by atoms with Gasteiger partial charge in [-0.05, 0) is 30.3 Å². The summed E-state index contributed by atoms with van der Waals surface area (Å²) < 4.78 is 1.40. The van der Waals surface area contributed by atoms with E-state index in [4.69, 9.17) is 11.6 Å². The van der Waals surface area contributed by atoms with Crippen molar-refractivity contribution in [2.45, 2.75) is 9.79 Å². The quantitative estimate of drug-likeness (QED) is 0.392. The lowest BCUT2D eigenvalue weighted by Crippen LogP contribution is -1.94. The highest BCUT2D eigenvalue weighted by atomic mass is 35.5. The van der Waals surface area contributed by atoms with Gasteiger partial charge in [0.05, 0.1) is 16.0 Å². The maximum Gasteiger partial charge on any atom is 0.283 e. The number of aromatic nitrogens is 3. The number of nitro groups is 1. The zero-order valence-electron chi connectivity index (χ0n) is 12.1. The molecule has 0 unspecified atom stereocenters. The smallest absolute Gasteiger partial charge is 0.258 e. The molecule has 0 amide bonds. The molecule has 3 aromatic rings. The molecule has 2 aromatic carbocycles. The molecular formula is C15H10ClN5O2S. The van der Waals surface area contributed by atoms with Crippen LogP contribution in [0, 0.1) is 10.1 Å². The van der Waals surface area contributed by atoms with Gasteiger partial charge in [0.2, 0.25) is 0 Å². The van der Waals surface area contributed by atoms with Crippen LogP contribution in [0.2, 0.25) is 5.02 Å². The van der Waals surface area contributed by atoms with Crippen molar-refractivity contribution in [1.82, 2.24) is 14.9 Å². The summed E-state index contributed by atoms with van der Waals surface area (Å²) in [7, 11) is 0. The van der Waals surface area contributed by atoms with Crippen molar-refractivity contribution in [3.63, 3.8) is 0 Å². The summed E-state index contributed by atoms with van der Waals surface area (Å²) in [6.07, 6.45) is 4.36. The van der Waals surface area contributed by atoms with Crippen molar-refractivity contribution in [2.24, 2.45) is 5.10 Å². The minimum Gasteiger partial charge on any atom is -0.258 e. The van der Waals surface area contributed by atoms with Crippen LogP contribution in [0.1, 0.15) is 5.56 Å². The summed E-state index contributed by atoms with van der Waals surface area (Å²) in [4.78, 5) is 12.4. The Morgan fingerprint density at radius 3 is 2.54 bits per heavy atom. The van der Waals surface area contributed by atoms with E-state index in [1.807, 2.05) is 12.1 Å². The summed E-state index contributed by atoms with van der Waals surface area (Å²) in [5.41, 5.74) is 0.624. The molecule has 120 valence electrons. The SMILES string of the molecule is O=[N+]([O-])c1cc(/C=N\n2cnnc2)ccc1Sc1ccc(Cl)cc1. The second-order valence-corrected chi connectivity index (χ2v) is 6.18. The molecule has 0 N–H and O–H groups in total. The number of halogens is 1. The Morgan fingerprint density at radius 1 is 1.17 bits per heavy atom. The van der Waals surface area contributed by atoms with Gasteiger partial charge in [-0.15, -0.1) is 10.2 Å². The largest absolute Gasteiger partial charge is 0.283 e. The van der Waals surface area contributed by atoms with Crippen LogP contribution < -0.4 is 0 Å². The van der Waals surface area contributed by atoms with Gasteiger partial charge in [0, 0.05) is 21.5 Å². The van der Waals surface area contributed by atoms with E-state index in [2.05, 4.69) is 15.3 Å². The van der Waals surface area contributed by atoms with Crippen molar-refractivity contribution in [1.29, 1.82) is 0 Å². The van der Waals surface area contributed by atoms with Gasteiger partial charge in [0.15, 0.2) is 0 Å². The first-order valence-electron chi connectivity index (χ1n) is 6.73. The molecule has 1 aromatic heterocycles. The van der Waals surface area contributed by atoms with E-state index >= 15 is 0 Å². The molecule has 1 heterocycles. The van der Waals surface area contributed by atoms with E-state index in [1.165, 1.54) is 41.4 Å². The Labute approximate surface area is 146 Å². The van der Waals surface area contributed by atoms with Crippen LogP contribution in [0.5, 0.6) is 0 Å². The maximum absolute atomic E-state index is 11.4. The normalized spacial score (nSPS) is 11.0. The molecule has 0 saturated heterocycles. The lowest BCUT2D eigenvalue weighted by molar-refractivity contribution is -0.387. The van der Waals surface area contributed by atoms with Gasteiger partial charge in [0.25, 0.3) is 5.69 Å². The summed E-state index contributed by atoms with van der Waals surface area (Å²) in [5, 5.41) is 23.3. The lowest BCUT2D eigenvalue weighted by Gasteiger charge is -2.04. The highest BCUT2D eigenvalue weighted by Crippen LogP contribution is 2.35. The van der Waals surface area contributed by atoms with Crippen LogP contribution in [0.15, 0.2) is 70.0 Å². The molecule has 7 nitrogen and oxygen atoms in total. The third kappa shape index (κ3) is 3.98. The fourth-order valence-electron chi connectivity index (χ4n) is 1.86. The molecule has 0 aliphatic rings. The highest BCUT2D eigenvalue weighted by molar-refractivity contribution is 7.99. The standard InChI is InChI=1S/C15H10ClN5O2S/c16-12-2-4-13(5-3-12)24-15-6-1-11(7-14(15)21(22)23)8-19-20-9-17-18-10-20/h1-10H/b19-8-. The molecule has 0 radical (unpaired) electrons. The lowest BCUT2D eigenvalue weighted by atomic mass is 10.2. The predicted molar refractivity (Wildman–Crippen MR) is 91.7 cm³/mol. The van der Waals surface area contributed by atoms with E-state index in [0.29, 0.717) is 15.5 Å². The van der Waals surface area contributed by atoms with Crippen LogP contribution >= 0.6 is 23.4 Å². The van der Waals surface area contributed by atoms with Crippen LogP contribution in [0.3, 0.4) is 0 Å². The number of hydrogen-bond acceptors (Lipinski definition) is 6. The monoisotopic (exact) mass is 359 g/mol. The van der Waals surface area contributed by atoms with Gasteiger partial charge in [-0.1, -0.05) is 29.4 Å². The van der Waals surface area contributed by atoms with Crippen molar-refractivity contribution < 1.29 is 4.92 Å². The second kappa shape index (κ2) is 7.24. The summed E-state index contributed by atoms with van der Waals surface area (Å²) >= 11 is 7.16. The molecule has 0 atom stereocenters. The number of nitrogens with zero attached hydrogens (tertiary/aromatic N) is 5. The molecule has 0 saturated carbocycles.